The molecule has 0 aliphatic carbocycles. The van der Waals surface area contributed by atoms with Gasteiger partial charge < -0.3 is 10.4 Å². The molecule has 0 heterocycles. The molecule has 0 fully saturated rings. The summed E-state index contributed by atoms with van der Waals surface area (Å²) in [6.07, 6.45) is 0. The van der Waals surface area contributed by atoms with Gasteiger partial charge in [0, 0.05) is 47.2 Å². The third kappa shape index (κ3) is 4.58. The average Bonchev–Trinajstić information content (AvgIpc) is 1.84. The molecule has 0 aromatic rings. The van der Waals surface area contributed by atoms with Crippen LogP contribution in [-0.2, 0) is 4.79 Å². The average molecular weight is 271 g/mol. The summed E-state index contributed by atoms with van der Waals surface area (Å²) in [5.74, 6) is -1.15. The van der Waals surface area contributed by atoms with Crippen LogP contribution < -0.4 is 0 Å². The fraction of sp³-hybridized carbons (Fsp3) is 0.833. The van der Waals surface area contributed by atoms with Crippen molar-refractivity contribution in [3.05, 3.63) is 5.32 Å². The van der Waals surface area contributed by atoms with Crippen LogP contribution >= 0.6 is 0 Å². The quantitative estimate of drug-likeness (QED) is 0.835. The summed E-state index contributed by atoms with van der Waals surface area (Å²) in [6.45, 7) is 3.44. The minimum Gasteiger partial charge on any atom is -0.662 e. The molecule has 0 aliphatic rings. The zero-order valence-corrected chi connectivity index (χ0v) is 10.2. The molecule has 1 radical (unpaired) electrons. The first-order valence-electron chi connectivity index (χ1n) is 2.91. The van der Waals surface area contributed by atoms with Crippen LogP contribution in [0.15, 0.2) is 0 Å². The first kappa shape index (κ1) is 13.4. The van der Waals surface area contributed by atoms with Gasteiger partial charge in [-0.3, -0.25) is 4.79 Å². The van der Waals surface area contributed by atoms with Gasteiger partial charge in [0.2, 0.25) is 0 Å². The largest absolute Gasteiger partial charge is 0.662 e. The minimum atomic E-state index is -0.784. The van der Waals surface area contributed by atoms with Crippen molar-refractivity contribution in [3.8, 4) is 0 Å². The van der Waals surface area contributed by atoms with Crippen molar-refractivity contribution in [1.29, 1.82) is 0 Å². The van der Waals surface area contributed by atoms with Crippen molar-refractivity contribution in [1.82, 2.24) is 0 Å². The van der Waals surface area contributed by atoms with E-state index in [-0.39, 0.29) is 53.3 Å². The number of hydrogen-bond acceptors (Lipinski definition) is 1. The van der Waals surface area contributed by atoms with E-state index < -0.39 is 5.97 Å². The summed E-state index contributed by atoms with van der Waals surface area (Å²) in [5, 5.41) is 12.3. The van der Waals surface area contributed by atoms with Crippen molar-refractivity contribution in [2.24, 2.45) is 5.92 Å². The number of nitrogens with zero attached hydrogens (tertiary/aromatic N) is 1. The van der Waals surface area contributed by atoms with Crippen LogP contribution in [0.4, 0.5) is 0 Å². The van der Waals surface area contributed by atoms with E-state index in [1.54, 1.807) is 20.9 Å². The van der Waals surface area contributed by atoms with Crippen molar-refractivity contribution >= 4 is 5.97 Å². The zero-order chi connectivity index (χ0) is 7.44. The Balaban J connectivity index is 0. The van der Waals surface area contributed by atoms with Crippen LogP contribution in [0.5, 0.6) is 0 Å². The standard InChI is InChI=1S/C6H12NO2.Pr/c1-4(6(8)9)5(2)7-3;/h4-5H,1-3H3,(H,8,9);/q-1;. The van der Waals surface area contributed by atoms with Crippen LogP contribution in [0.2, 0.25) is 0 Å². The topological polar surface area (TPSA) is 51.4 Å². The minimum absolute atomic E-state index is 0. The van der Waals surface area contributed by atoms with E-state index >= 15 is 0 Å². The van der Waals surface area contributed by atoms with Crippen molar-refractivity contribution in [2.45, 2.75) is 19.9 Å². The molecular formula is C6H12NO2Pr-. The second kappa shape index (κ2) is 6.50. The molecule has 57 valence electrons. The summed E-state index contributed by atoms with van der Waals surface area (Å²) in [4.78, 5) is 10.2. The molecule has 2 unspecified atom stereocenters. The Labute approximate surface area is 94.5 Å². The fourth-order valence-corrected chi connectivity index (χ4v) is 0.430. The van der Waals surface area contributed by atoms with Crippen molar-refractivity contribution < 1.29 is 51.2 Å². The number of hydrogen-bond donors (Lipinski definition) is 1. The molecule has 10 heavy (non-hydrogen) atoms. The fourth-order valence-electron chi connectivity index (χ4n) is 0.430. The van der Waals surface area contributed by atoms with Crippen molar-refractivity contribution in [3.63, 3.8) is 0 Å². The second-order valence-corrected chi connectivity index (χ2v) is 2.13. The van der Waals surface area contributed by atoms with Gasteiger partial charge in [0.1, 0.15) is 0 Å². The maximum absolute atomic E-state index is 10.2. The third-order valence-electron chi connectivity index (χ3n) is 1.52. The number of carboxylic acids is 1. The van der Waals surface area contributed by atoms with Crippen LogP contribution in [-0.4, -0.2) is 24.2 Å². The predicted octanol–water partition coefficient (Wildman–Crippen LogP) is 1.10. The van der Waals surface area contributed by atoms with Crippen LogP contribution in [0.25, 0.3) is 5.32 Å². The van der Waals surface area contributed by atoms with Crippen LogP contribution in [0.3, 0.4) is 0 Å². The van der Waals surface area contributed by atoms with Gasteiger partial charge in [0.05, 0.1) is 0 Å². The summed E-state index contributed by atoms with van der Waals surface area (Å²) >= 11 is 0. The molecule has 0 aliphatic heterocycles. The molecule has 0 bridgehead atoms. The van der Waals surface area contributed by atoms with Gasteiger partial charge in [0.15, 0.2) is 0 Å². The van der Waals surface area contributed by atoms with Crippen LogP contribution in [0.1, 0.15) is 13.8 Å². The zero-order valence-electron chi connectivity index (χ0n) is 6.53. The molecule has 4 heteroatoms. The summed E-state index contributed by atoms with van der Waals surface area (Å²) in [6, 6.07) is -0.0810. The summed E-state index contributed by atoms with van der Waals surface area (Å²) < 4.78 is 0. The van der Waals surface area contributed by atoms with Gasteiger partial charge >= 0.3 is 5.97 Å². The van der Waals surface area contributed by atoms with Crippen molar-refractivity contribution in [2.75, 3.05) is 7.05 Å². The first-order chi connectivity index (χ1) is 4.09. The Morgan fingerprint density at radius 3 is 2.00 bits per heavy atom. The number of aliphatic carboxylic acids is 1. The van der Waals surface area contributed by atoms with E-state index in [0.717, 1.165) is 0 Å². The van der Waals surface area contributed by atoms with Gasteiger partial charge in [-0.2, -0.15) is 7.05 Å². The molecule has 0 saturated carbocycles. The molecule has 0 amide bonds. The predicted molar refractivity (Wildman–Crippen MR) is 35.5 cm³/mol. The van der Waals surface area contributed by atoms with Gasteiger partial charge in [-0.25, -0.2) is 0 Å². The van der Waals surface area contributed by atoms with Gasteiger partial charge in [-0.1, -0.05) is 13.8 Å². The Morgan fingerprint density at radius 1 is 1.50 bits per heavy atom. The van der Waals surface area contributed by atoms with E-state index in [4.69, 9.17) is 5.11 Å². The summed E-state index contributed by atoms with van der Waals surface area (Å²) in [5.41, 5.74) is 0. The molecular weight excluding hydrogens is 259 g/mol. The molecule has 0 spiro atoms. The molecule has 0 aromatic carbocycles. The Kier molecular flexibility index (Phi) is 8.70. The third-order valence-corrected chi connectivity index (χ3v) is 1.52. The normalized spacial score (nSPS) is 15.1. The molecule has 0 rings (SSSR count). The van der Waals surface area contributed by atoms with Gasteiger partial charge in [-0.15, -0.1) is 6.04 Å². The summed E-state index contributed by atoms with van der Waals surface area (Å²) in [7, 11) is 1.63. The Morgan fingerprint density at radius 2 is 1.90 bits per heavy atom. The SMILES string of the molecule is C[N-]C(C)C(C)C(=O)O.[Pr]. The number of carboxylic acid groups (broad SMARTS) is 1. The molecule has 2 atom stereocenters. The first-order valence-corrected chi connectivity index (χ1v) is 2.91. The maximum Gasteiger partial charge on any atom is 0.304 e. The Bertz CT molecular complexity index is 108. The van der Waals surface area contributed by atoms with E-state index in [0.29, 0.717) is 0 Å². The van der Waals surface area contributed by atoms with E-state index in [2.05, 4.69) is 5.32 Å². The maximum atomic E-state index is 10.2. The second-order valence-electron chi connectivity index (χ2n) is 2.13. The van der Waals surface area contributed by atoms with E-state index in [9.17, 15) is 4.79 Å². The molecule has 3 nitrogen and oxygen atoms in total. The van der Waals surface area contributed by atoms with Gasteiger partial charge in [0.25, 0.3) is 0 Å². The van der Waals surface area contributed by atoms with E-state index in [1.807, 2.05) is 0 Å². The Hall–Kier alpha value is 0.794. The smallest absolute Gasteiger partial charge is 0.304 e. The van der Waals surface area contributed by atoms with Gasteiger partial charge in [-0.05, 0) is 0 Å². The number of carbonyl (C=O) groups is 1. The molecule has 0 aromatic heterocycles. The monoisotopic (exact) mass is 271 g/mol. The molecule has 0 saturated heterocycles. The van der Waals surface area contributed by atoms with E-state index in [1.165, 1.54) is 0 Å². The molecule has 1 N–H and O–H groups in total. The van der Waals surface area contributed by atoms with Crippen LogP contribution in [0, 0.1) is 47.2 Å². The number of rotatable bonds is 3.